The summed E-state index contributed by atoms with van der Waals surface area (Å²) in [4.78, 5) is 19.4. The number of imidazole rings is 1. The summed E-state index contributed by atoms with van der Waals surface area (Å²) in [6, 6.07) is 16.6. The van der Waals surface area contributed by atoms with Crippen molar-refractivity contribution in [3.05, 3.63) is 89.9 Å². The van der Waals surface area contributed by atoms with Gasteiger partial charge in [0.15, 0.2) is 0 Å². The molecule has 2 aromatic carbocycles. The topological polar surface area (TPSA) is 63.3 Å². The fraction of sp³-hybridized carbons (Fsp3) is 0.333. The van der Waals surface area contributed by atoms with E-state index in [0.717, 1.165) is 61.3 Å². The highest BCUT2D eigenvalue weighted by atomic mass is 19.1. The van der Waals surface area contributed by atoms with Gasteiger partial charge in [-0.3, -0.25) is 4.79 Å². The number of nitrogens with one attached hydrogen (secondary N) is 1. The third-order valence-electron chi connectivity index (χ3n) is 6.66. The predicted octanol–water partition coefficient (Wildman–Crippen LogP) is 4.50. The van der Waals surface area contributed by atoms with Gasteiger partial charge in [-0.15, -0.1) is 0 Å². The summed E-state index contributed by atoms with van der Waals surface area (Å²) in [5.74, 6) is 1.35. The van der Waals surface area contributed by atoms with Crippen molar-refractivity contribution in [3.63, 3.8) is 0 Å². The van der Waals surface area contributed by atoms with Gasteiger partial charge in [0.2, 0.25) is 0 Å². The molecule has 1 aliphatic rings. The second-order valence-electron chi connectivity index (χ2n) is 8.99. The summed E-state index contributed by atoms with van der Waals surface area (Å²) >= 11 is 0. The van der Waals surface area contributed by atoms with Crippen molar-refractivity contribution in [2.45, 2.75) is 25.8 Å². The number of rotatable bonds is 8. The van der Waals surface area contributed by atoms with Gasteiger partial charge in [-0.2, -0.15) is 0 Å². The van der Waals surface area contributed by atoms with Crippen molar-refractivity contribution >= 4 is 16.9 Å². The molecule has 176 valence electrons. The molecular weight excluding hydrogens is 431 g/mol. The van der Waals surface area contributed by atoms with Crippen LogP contribution >= 0.6 is 0 Å². The summed E-state index contributed by atoms with van der Waals surface area (Å²) in [7, 11) is 0. The van der Waals surface area contributed by atoms with Gasteiger partial charge in [0.25, 0.3) is 5.91 Å². The largest absolute Gasteiger partial charge is 0.472 e. The quantitative estimate of drug-likeness (QED) is 0.421. The Hall–Kier alpha value is -3.45. The molecule has 1 aliphatic heterocycles. The second-order valence-corrected chi connectivity index (χ2v) is 8.99. The van der Waals surface area contributed by atoms with E-state index in [1.807, 2.05) is 24.3 Å². The minimum absolute atomic E-state index is 0.0938. The van der Waals surface area contributed by atoms with Gasteiger partial charge < -0.3 is 19.2 Å². The molecule has 0 unspecified atom stereocenters. The number of hydrogen-bond donors (Lipinski definition) is 1. The van der Waals surface area contributed by atoms with Crippen LogP contribution in [0.3, 0.4) is 0 Å². The van der Waals surface area contributed by atoms with Crippen LogP contribution < -0.4 is 5.32 Å². The number of piperidine rings is 1. The van der Waals surface area contributed by atoms with E-state index in [2.05, 4.69) is 26.9 Å². The van der Waals surface area contributed by atoms with Gasteiger partial charge in [0.1, 0.15) is 17.9 Å². The van der Waals surface area contributed by atoms with Crippen molar-refractivity contribution in [2.24, 2.45) is 5.92 Å². The SMILES string of the molecule is O=C(NCCN1CCC(Cc2nc3ccccc3n2Cc2ccc(F)cc2)CC1)c1ccoc1. The molecular formula is C27H29FN4O2. The lowest BCUT2D eigenvalue weighted by molar-refractivity contribution is 0.0943. The lowest BCUT2D eigenvalue weighted by Crippen LogP contribution is -2.40. The molecule has 5 rings (SSSR count). The van der Waals surface area contributed by atoms with Crippen molar-refractivity contribution in [2.75, 3.05) is 26.2 Å². The molecule has 7 heteroatoms. The Morgan fingerprint density at radius 3 is 2.65 bits per heavy atom. The third-order valence-corrected chi connectivity index (χ3v) is 6.66. The number of carbonyl (C=O) groups is 1. The first kappa shape index (κ1) is 22.3. The summed E-state index contributed by atoms with van der Waals surface area (Å²) in [5.41, 5.74) is 3.75. The maximum atomic E-state index is 13.4. The number of para-hydroxylation sites is 2. The van der Waals surface area contributed by atoms with Gasteiger partial charge in [0.05, 0.1) is 22.9 Å². The Morgan fingerprint density at radius 1 is 1.09 bits per heavy atom. The van der Waals surface area contributed by atoms with Crippen molar-refractivity contribution in [1.29, 1.82) is 0 Å². The van der Waals surface area contributed by atoms with Crippen LogP contribution in [0.1, 0.15) is 34.6 Å². The summed E-state index contributed by atoms with van der Waals surface area (Å²) < 4.78 is 20.6. The van der Waals surface area contributed by atoms with Crippen LogP contribution in [0.4, 0.5) is 4.39 Å². The van der Waals surface area contributed by atoms with Crippen LogP contribution in [0.15, 0.2) is 71.5 Å². The van der Waals surface area contributed by atoms with E-state index in [9.17, 15) is 9.18 Å². The van der Waals surface area contributed by atoms with Crippen LogP contribution in [0.5, 0.6) is 0 Å². The monoisotopic (exact) mass is 460 g/mol. The van der Waals surface area contributed by atoms with Crippen LogP contribution in [0.25, 0.3) is 11.0 Å². The average molecular weight is 461 g/mol. The Kier molecular flexibility index (Phi) is 6.72. The number of likely N-dealkylation sites (tertiary alicyclic amines) is 1. The summed E-state index contributed by atoms with van der Waals surface area (Å²) in [6.07, 6.45) is 6.11. The van der Waals surface area contributed by atoms with Crippen LogP contribution in [-0.2, 0) is 13.0 Å². The number of hydrogen-bond acceptors (Lipinski definition) is 4. The summed E-state index contributed by atoms with van der Waals surface area (Å²) in [6.45, 7) is 4.20. The lowest BCUT2D eigenvalue weighted by atomic mass is 9.93. The number of halogens is 1. The van der Waals surface area contributed by atoms with Gasteiger partial charge in [-0.25, -0.2) is 9.37 Å². The van der Waals surface area contributed by atoms with Gasteiger partial charge >= 0.3 is 0 Å². The number of carbonyl (C=O) groups excluding carboxylic acids is 1. The maximum absolute atomic E-state index is 13.4. The smallest absolute Gasteiger partial charge is 0.254 e. The Bertz CT molecular complexity index is 1230. The molecule has 4 aromatic rings. The third kappa shape index (κ3) is 5.20. The van der Waals surface area contributed by atoms with Gasteiger partial charge in [0, 0.05) is 26.1 Å². The summed E-state index contributed by atoms with van der Waals surface area (Å²) in [5, 5.41) is 2.95. The van der Waals surface area contributed by atoms with Crippen molar-refractivity contribution in [1.82, 2.24) is 19.8 Å². The molecule has 0 bridgehead atoms. The van der Waals surface area contributed by atoms with E-state index in [4.69, 9.17) is 9.40 Å². The van der Waals surface area contributed by atoms with E-state index in [1.165, 1.54) is 24.7 Å². The normalized spacial score (nSPS) is 15.1. The first-order valence-corrected chi connectivity index (χ1v) is 11.9. The first-order chi connectivity index (χ1) is 16.7. The number of benzene rings is 2. The van der Waals surface area contributed by atoms with E-state index in [0.29, 0.717) is 24.6 Å². The maximum Gasteiger partial charge on any atom is 0.254 e. The minimum atomic E-state index is -0.215. The fourth-order valence-electron chi connectivity index (χ4n) is 4.73. The zero-order chi connectivity index (χ0) is 23.3. The number of aromatic nitrogens is 2. The first-order valence-electron chi connectivity index (χ1n) is 11.9. The molecule has 0 atom stereocenters. The second kappa shape index (κ2) is 10.2. The standard InChI is InChI=1S/C27H29FN4O2/c28-23-7-5-21(6-8-23)18-32-25-4-2-1-3-24(25)30-26(32)17-20-9-13-31(14-10-20)15-12-29-27(33)22-11-16-34-19-22/h1-8,11,16,19-20H,9-10,12-15,17-18H2,(H,29,33). The Morgan fingerprint density at radius 2 is 1.88 bits per heavy atom. The highest BCUT2D eigenvalue weighted by Gasteiger charge is 2.22. The van der Waals surface area contributed by atoms with E-state index >= 15 is 0 Å². The molecule has 1 amide bonds. The molecule has 0 saturated carbocycles. The molecule has 2 aromatic heterocycles. The zero-order valence-electron chi connectivity index (χ0n) is 19.1. The fourth-order valence-corrected chi connectivity index (χ4v) is 4.73. The average Bonchev–Trinajstić information content (AvgIpc) is 3.51. The molecule has 1 N–H and O–H groups in total. The Labute approximate surface area is 198 Å². The number of nitrogens with zero attached hydrogens (tertiary/aromatic N) is 3. The number of furan rings is 1. The number of amides is 1. The lowest BCUT2D eigenvalue weighted by Gasteiger charge is -2.31. The molecule has 3 heterocycles. The zero-order valence-corrected chi connectivity index (χ0v) is 19.1. The Balaban J connectivity index is 1.18. The van der Waals surface area contributed by atoms with Gasteiger partial charge in [-0.1, -0.05) is 24.3 Å². The predicted molar refractivity (Wildman–Crippen MR) is 129 cm³/mol. The molecule has 0 radical (unpaired) electrons. The molecule has 6 nitrogen and oxygen atoms in total. The number of fused-ring (bicyclic) bond motifs is 1. The highest BCUT2D eigenvalue weighted by Crippen LogP contribution is 2.25. The molecule has 1 fully saturated rings. The van der Waals surface area contributed by atoms with Gasteiger partial charge in [-0.05, 0) is 67.7 Å². The van der Waals surface area contributed by atoms with Crippen LogP contribution in [0.2, 0.25) is 0 Å². The molecule has 1 saturated heterocycles. The van der Waals surface area contributed by atoms with E-state index < -0.39 is 0 Å². The van der Waals surface area contributed by atoms with E-state index in [1.54, 1.807) is 6.07 Å². The molecule has 34 heavy (non-hydrogen) atoms. The van der Waals surface area contributed by atoms with Crippen LogP contribution in [0, 0.1) is 11.7 Å². The highest BCUT2D eigenvalue weighted by molar-refractivity contribution is 5.93. The van der Waals surface area contributed by atoms with E-state index in [-0.39, 0.29) is 11.7 Å². The molecule has 0 aliphatic carbocycles. The van der Waals surface area contributed by atoms with Crippen molar-refractivity contribution in [3.8, 4) is 0 Å². The van der Waals surface area contributed by atoms with Crippen LogP contribution in [-0.4, -0.2) is 46.5 Å². The minimum Gasteiger partial charge on any atom is -0.472 e. The van der Waals surface area contributed by atoms with Crippen molar-refractivity contribution < 1.29 is 13.6 Å². The molecule has 0 spiro atoms.